The number of nitrogens with zero attached hydrogens (tertiary/aromatic N) is 2. The highest BCUT2D eigenvalue weighted by atomic mass is 16.4. The van der Waals surface area contributed by atoms with Crippen LogP contribution in [0.3, 0.4) is 0 Å². The maximum atomic E-state index is 7.61. The van der Waals surface area contributed by atoms with Crippen LogP contribution in [0.4, 0.5) is 11.4 Å². The summed E-state index contributed by atoms with van der Waals surface area (Å²) >= 11 is 0. The summed E-state index contributed by atoms with van der Waals surface area (Å²) in [6.45, 7) is 24.4. The SMILES string of the molecule is C=C.C=CCc1ccccc1N(CC=C)c1cc(-c2ccccc2)cc(-n2c(C)c(CC/C=C\C)c3ccccc32)c1.CB(O)O.CC. The van der Waals surface area contributed by atoms with Crippen LogP contribution < -0.4 is 4.90 Å². The lowest BCUT2D eigenvalue weighted by molar-refractivity contribution is 0.417. The summed E-state index contributed by atoms with van der Waals surface area (Å²) < 4.78 is 2.44. The fourth-order valence-electron chi connectivity index (χ4n) is 5.73. The summed E-state index contributed by atoms with van der Waals surface area (Å²) in [4.78, 5) is 2.37. The van der Waals surface area contributed by atoms with Crippen molar-refractivity contribution in [3.8, 4) is 16.8 Å². The molecule has 0 aliphatic carbocycles. The van der Waals surface area contributed by atoms with E-state index in [1.54, 1.807) is 0 Å². The summed E-state index contributed by atoms with van der Waals surface area (Å²) in [5.74, 6) is 0. The van der Waals surface area contributed by atoms with Gasteiger partial charge in [-0.1, -0.05) is 105 Å². The molecular weight excluding hydrogens is 587 g/mol. The molecule has 0 amide bonds. The van der Waals surface area contributed by atoms with Crippen molar-refractivity contribution in [3.05, 3.63) is 165 Å². The van der Waals surface area contributed by atoms with Crippen molar-refractivity contribution in [3.63, 3.8) is 0 Å². The van der Waals surface area contributed by atoms with Gasteiger partial charge in [-0.15, -0.1) is 26.3 Å². The first-order valence-corrected chi connectivity index (χ1v) is 16.7. The molecule has 0 saturated heterocycles. The van der Waals surface area contributed by atoms with E-state index in [1.807, 2.05) is 26.0 Å². The molecule has 0 bridgehead atoms. The third kappa shape index (κ3) is 10.3. The summed E-state index contributed by atoms with van der Waals surface area (Å²) in [6, 6.07) is 35.1. The fourth-order valence-corrected chi connectivity index (χ4v) is 5.73. The van der Waals surface area contributed by atoms with E-state index in [0.29, 0.717) is 6.54 Å². The van der Waals surface area contributed by atoms with E-state index < -0.39 is 7.12 Å². The largest absolute Gasteiger partial charge is 0.448 e. The number of allylic oxidation sites excluding steroid dienone is 3. The first-order chi connectivity index (χ1) is 23.4. The highest BCUT2D eigenvalue weighted by Gasteiger charge is 2.19. The lowest BCUT2D eigenvalue weighted by Gasteiger charge is -2.27. The van der Waals surface area contributed by atoms with E-state index >= 15 is 0 Å². The Morgan fingerprint density at radius 3 is 2.08 bits per heavy atom. The van der Waals surface area contributed by atoms with Gasteiger partial charge in [-0.3, -0.25) is 0 Å². The summed E-state index contributed by atoms with van der Waals surface area (Å²) in [6.07, 6.45) is 11.2. The van der Waals surface area contributed by atoms with E-state index in [0.717, 1.165) is 30.6 Å². The number of benzene rings is 4. The van der Waals surface area contributed by atoms with Crippen LogP contribution in [0.1, 0.15) is 44.0 Å². The van der Waals surface area contributed by atoms with E-state index in [9.17, 15) is 0 Å². The highest BCUT2D eigenvalue weighted by molar-refractivity contribution is 6.38. The van der Waals surface area contributed by atoms with Crippen LogP contribution in [-0.2, 0) is 12.8 Å². The third-order valence-corrected chi connectivity index (χ3v) is 7.58. The predicted molar refractivity (Wildman–Crippen MR) is 213 cm³/mol. The minimum atomic E-state index is -1.17. The third-order valence-electron chi connectivity index (χ3n) is 7.58. The van der Waals surface area contributed by atoms with Gasteiger partial charge in [0.05, 0.1) is 5.52 Å². The second kappa shape index (κ2) is 21.1. The van der Waals surface area contributed by atoms with E-state index in [-0.39, 0.29) is 0 Å². The zero-order valence-electron chi connectivity index (χ0n) is 29.6. The molecule has 5 aromatic rings. The highest BCUT2D eigenvalue weighted by Crippen LogP contribution is 2.37. The number of aromatic nitrogens is 1. The Bertz CT molecular complexity index is 1730. The number of aryl methyl sites for hydroxylation is 1. The first-order valence-electron chi connectivity index (χ1n) is 16.7. The van der Waals surface area contributed by atoms with Crippen molar-refractivity contribution < 1.29 is 10.0 Å². The summed E-state index contributed by atoms with van der Waals surface area (Å²) in [7, 11) is -1.17. The van der Waals surface area contributed by atoms with Crippen LogP contribution in [0.15, 0.2) is 148 Å². The van der Waals surface area contributed by atoms with Crippen LogP contribution in [0.5, 0.6) is 0 Å². The number of hydrogen-bond donors (Lipinski definition) is 2. The van der Waals surface area contributed by atoms with Crippen LogP contribution in [0.25, 0.3) is 27.7 Å². The maximum Gasteiger partial charge on any atom is 0.448 e. The molecule has 0 spiro atoms. The lowest BCUT2D eigenvalue weighted by Crippen LogP contribution is -2.19. The van der Waals surface area contributed by atoms with Gasteiger partial charge in [-0.05, 0) is 92.5 Å². The summed E-state index contributed by atoms with van der Waals surface area (Å²) in [5.41, 5.74) is 11.1. The number of hydrogen-bond acceptors (Lipinski definition) is 3. The van der Waals surface area contributed by atoms with Gasteiger partial charge >= 0.3 is 7.12 Å². The number of anilines is 2. The van der Waals surface area contributed by atoms with E-state index in [4.69, 9.17) is 10.0 Å². The van der Waals surface area contributed by atoms with Crippen molar-refractivity contribution in [1.82, 2.24) is 4.57 Å². The molecule has 1 aromatic heterocycles. The second-order valence-electron chi connectivity index (χ2n) is 10.8. The zero-order chi connectivity index (χ0) is 35.5. The van der Waals surface area contributed by atoms with Gasteiger partial charge in [0.25, 0.3) is 0 Å². The molecule has 48 heavy (non-hydrogen) atoms. The topological polar surface area (TPSA) is 48.6 Å². The molecule has 0 saturated carbocycles. The fraction of sp³-hybridized carbons (Fsp3) is 0.209. The van der Waals surface area contributed by atoms with Crippen molar-refractivity contribution in [2.45, 2.75) is 53.8 Å². The summed E-state index contributed by atoms with van der Waals surface area (Å²) in [5, 5.41) is 16.6. The molecule has 0 aliphatic heterocycles. The molecule has 0 unspecified atom stereocenters. The normalized spacial score (nSPS) is 10.1. The Hall–Kier alpha value is -4.84. The first kappa shape index (κ1) is 39.3. The van der Waals surface area contributed by atoms with E-state index in [1.165, 1.54) is 51.4 Å². The molecular formula is C43H53BN2O2. The molecule has 0 radical (unpaired) electrons. The van der Waals surface area contributed by atoms with Gasteiger partial charge in [0.1, 0.15) is 0 Å². The number of para-hydroxylation sites is 2. The molecule has 0 fully saturated rings. The van der Waals surface area contributed by atoms with Gasteiger partial charge < -0.3 is 19.5 Å². The molecule has 2 N–H and O–H groups in total. The quantitative estimate of drug-likeness (QED) is 0.112. The predicted octanol–water partition coefficient (Wildman–Crippen LogP) is 11.1. The molecule has 5 heteroatoms. The average Bonchev–Trinajstić information content (AvgIpc) is 3.40. The Morgan fingerprint density at radius 1 is 0.812 bits per heavy atom. The van der Waals surface area contributed by atoms with Crippen LogP contribution >= 0.6 is 0 Å². The zero-order valence-corrected chi connectivity index (χ0v) is 29.6. The van der Waals surface area contributed by atoms with Crippen molar-refractivity contribution in [2.24, 2.45) is 0 Å². The Labute approximate surface area is 289 Å². The van der Waals surface area contributed by atoms with Crippen molar-refractivity contribution >= 4 is 29.4 Å². The number of rotatable bonds is 11. The van der Waals surface area contributed by atoms with Gasteiger partial charge in [0.15, 0.2) is 0 Å². The second-order valence-corrected chi connectivity index (χ2v) is 10.8. The molecule has 0 aliphatic rings. The van der Waals surface area contributed by atoms with Crippen molar-refractivity contribution in [1.29, 1.82) is 0 Å². The molecule has 0 atom stereocenters. The molecule has 5 rings (SSSR count). The monoisotopic (exact) mass is 640 g/mol. The molecule has 1 heterocycles. The smallest absolute Gasteiger partial charge is 0.427 e. The average molecular weight is 641 g/mol. The van der Waals surface area contributed by atoms with Gasteiger partial charge in [-0.2, -0.15) is 0 Å². The van der Waals surface area contributed by atoms with Crippen LogP contribution in [0.2, 0.25) is 6.82 Å². The minimum absolute atomic E-state index is 0.700. The lowest BCUT2D eigenvalue weighted by atomic mass is 9.99. The Balaban J connectivity index is 0.000000917. The number of fused-ring (bicyclic) bond motifs is 1. The maximum absolute atomic E-state index is 7.61. The van der Waals surface area contributed by atoms with Gasteiger partial charge in [0.2, 0.25) is 0 Å². The van der Waals surface area contributed by atoms with E-state index in [2.05, 4.69) is 159 Å². The van der Waals surface area contributed by atoms with Gasteiger partial charge in [0, 0.05) is 34.7 Å². The molecule has 4 nitrogen and oxygen atoms in total. The Morgan fingerprint density at radius 2 is 1.44 bits per heavy atom. The standard InChI is InChI=1S/C38H38N2.C2H6.C2H4.CH5BO2/c1-5-8-10-21-35-29(4)40(38-24-16-14-22-36(35)38)34-27-32(30-18-11-9-12-19-30)26-33(28-34)39(25-7-3)37-23-15-13-20-31(37)17-6-2;2*1-2;1-2(3)4/h5-9,11-16,18-20,22-24,26-28H,2-3,10,17,21,25H2,1,4H3;1-2H3;1-2H2;3-4H,1H3/b8-5-;;;. The van der Waals surface area contributed by atoms with Crippen LogP contribution in [-0.4, -0.2) is 28.3 Å². The molecule has 4 aromatic carbocycles. The van der Waals surface area contributed by atoms with Gasteiger partial charge in [-0.25, -0.2) is 0 Å². The molecule has 250 valence electrons. The minimum Gasteiger partial charge on any atom is -0.427 e. The Kier molecular flexibility index (Phi) is 17.3. The van der Waals surface area contributed by atoms with Crippen LogP contribution in [0, 0.1) is 6.92 Å². The van der Waals surface area contributed by atoms with Crippen molar-refractivity contribution in [2.75, 3.05) is 11.4 Å².